The molecule has 0 fully saturated rings. The molecule has 1 aliphatic rings. The normalized spacial score (nSPS) is 16.4. The number of nitrogens with zero attached hydrogens (tertiary/aromatic N) is 2. The fraction of sp³-hybridized carbons (Fsp3) is 0.0870. The number of hydrogen-bond donors (Lipinski definition) is 2. The van der Waals surface area contributed by atoms with E-state index in [0.717, 1.165) is 17.0 Å². The molecule has 0 radical (unpaired) electrons. The fourth-order valence-electron chi connectivity index (χ4n) is 3.82. The molecule has 0 saturated heterocycles. The molecule has 0 bridgehead atoms. The monoisotopic (exact) mass is 435 g/mol. The SMILES string of the molecule is Cc1ccc(C(=O)C2=C(O)C(=O)N(c3nc4ccccc4[nH]3)C2c2ccc(F)cc2F)o1. The highest BCUT2D eigenvalue weighted by Gasteiger charge is 2.47. The van der Waals surface area contributed by atoms with Gasteiger partial charge in [0.2, 0.25) is 11.7 Å². The number of aliphatic hydroxyl groups is 1. The molecule has 2 aromatic carbocycles. The maximum atomic E-state index is 14.8. The van der Waals surface area contributed by atoms with Gasteiger partial charge in [-0.25, -0.2) is 13.8 Å². The molecule has 0 aliphatic carbocycles. The summed E-state index contributed by atoms with van der Waals surface area (Å²) in [4.78, 5) is 34.6. The van der Waals surface area contributed by atoms with Crippen LogP contribution in [0.25, 0.3) is 11.0 Å². The van der Waals surface area contributed by atoms with Crippen molar-refractivity contribution in [2.45, 2.75) is 13.0 Å². The zero-order chi connectivity index (χ0) is 22.6. The quantitative estimate of drug-likeness (QED) is 0.459. The molecule has 32 heavy (non-hydrogen) atoms. The van der Waals surface area contributed by atoms with Gasteiger partial charge in [-0.1, -0.05) is 18.2 Å². The topological polar surface area (TPSA) is 99.4 Å². The van der Waals surface area contributed by atoms with Crippen LogP contribution in [0.1, 0.15) is 27.9 Å². The molecule has 1 atom stereocenters. The Morgan fingerprint density at radius 3 is 2.62 bits per heavy atom. The van der Waals surface area contributed by atoms with E-state index in [1.54, 1.807) is 37.3 Å². The Balaban J connectivity index is 1.71. The van der Waals surface area contributed by atoms with Crippen LogP contribution < -0.4 is 4.90 Å². The Morgan fingerprint density at radius 1 is 1.16 bits per heavy atom. The summed E-state index contributed by atoms with van der Waals surface area (Å²) in [6.07, 6.45) is 0. The average Bonchev–Trinajstić information content (AvgIpc) is 3.44. The standard InChI is InChI=1S/C23H15F2N3O4/c1-11-6-9-17(32-11)20(29)18-19(13-8-7-12(24)10-14(13)25)28(22(31)21(18)30)23-26-15-4-2-3-5-16(15)27-23/h2-10,19,30H,1H3,(H,26,27). The lowest BCUT2D eigenvalue weighted by atomic mass is 9.94. The summed E-state index contributed by atoms with van der Waals surface area (Å²) in [5, 5.41) is 10.7. The second kappa shape index (κ2) is 7.16. The van der Waals surface area contributed by atoms with Gasteiger partial charge < -0.3 is 14.5 Å². The van der Waals surface area contributed by atoms with E-state index < -0.39 is 40.7 Å². The minimum absolute atomic E-state index is 0.00472. The number of ketones is 1. The number of carbonyl (C=O) groups excluding carboxylic acids is 2. The van der Waals surface area contributed by atoms with Crippen LogP contribution in [-0.4, -0.2) is 26.8 Å². The van der Waals surface area contributed by atoms with Crippen molar-refractivity contribution in [1.29, 1.82) is 0 Å². The zero-order valence-electron chi connectivity index (χ0n) is 16.6. The summed E-state index contributed by atoms with van der Waals surface area (Å²) in [5.74, 6) is -4.12. The number of aromatic nitrogens is 2. The first-order valence-electron chi connectivity index (χ1n) is 9.62. The molecule has 0 spiro atoms. The molecule has 4 aromatic rings. The highest BCUT2D eigenvalue weighted by atomic mass is 19.1. The van der Waals surface area contributed by atoms with Crippen LogP contribution in [0.3, 0.4) is 0 Å². The number of anilines is 1. The van der Waals surface area contributed by atoms with Crippen LogP contribution in [0.15, 0.2) is 70.3 Å². The number of amides is 1. The number of H-pyrrole nitrogens is 1. The van der Waals surface area contributed by atoms with Crippen molar-refractivity contribution >= 4 is 28.7 Å². The van der Waals surface area contributed by atoms with Crippen molar-refractivity contribution in [2.24, 2.45) is 0 Å². The molecule has 7 nitrogen and oxygen atoms in total. The van der Waals surface area contributed by atoms with Gasteiger partial charge in [0.05, 0.1) is 16.6 Å². The van der Waals surface area contributed by atoms with Crippen LogP contribution in [0, 0.1) is 18.6 Å². The van der Waals surface area contributed by atoms with Crippen LogP contribution in [0.2, 0.25) is 0 Å². The first-order valence-corrected chi connectivity index (χ1v) is 9.62. The van der Waals surface area contributed by atoms with Gasteiger partial charge in [-0.05, 0) is 37.3 Å². The van der Waals surface area contributed by atoms with Crippen molar-refractivity contribution in [3.63, 3.8) is 0 Å². The number of furan rings is 1. The Morgan fingerprint density at radius 2 is 1.94 bits per heavy atom. The first kappa shape index (κ1) is 19.7. The van der Waals surface area contributed by atoms with Crippen LogP contribution in [0.4, 0.5) is 14.7 Å². The highest BCUT2D eigenvalue weighted by Crippen LogP contribution is 2.42. The number of halogens is 2. The van der Waals surface area contributed by atoms with Gasteiger partial charge >= 0.3 is 0 Å². The molecule has 1 aliphatic heterocycles. The van der Waals surface area contributed by atoms with Gasteiger partial charge in [0.15, 0.2) is 11.5 Å². The van der Waals surface area contributed by atoms with E-state index in [9.17, 15) is 23.5 Å². The smallest absolute Gasteiger partial charge is 0.296 e. The predicted molar refractivity (Wildman–Crippen MR) is 110 cm³/mol. The number of fused-ring (bicyclic) bond motifs is 1. The highest BCUT2D eigenvalue weighted by molar-refractivity contribution is 6.20. The van der Waals surface area contributed by atoms with Gasteiger partial charge in [0, 0.05) is 11.6 Å². The first-order chi connectivity index (χ1) is 15.3. The molecular formula is C23H15F2N3O4. The number of benzene rings is 2. The summed E-state index contributed by atoms with van der Waals surface area (Å²) in [5.41, 5.74) is 0.537. The van der Waals surface area contributed by atoms with Gasteiger partial charge in [0.25, 0.3) is 5.91 Å². The molecule has 2 N–H and O–H groups in total. The fourth-order valence-corrected chi connectivity index (χ4v) is 3.82. The van der Waals surface area contributed by atoms with E-state index in [2.05, 4.69) is 9.97 Å². The summed E-state index contributed by atoms with van der Waals surface area (Å²) in [6, 6.07) is 11.3. The summed E-state index contributed by atoms with van der Waals surface area (Å²) < 4.78 is 33.8. The second-order valence-corrected chi connectivity index (χ2v) is 7.32. The summed E-state index contributed by atoms with van der Waals surface area (Å²) in [6.45, 7) is 1.63. The molecule has 1 amide bonds. The third-order valence-electron chi connectivity index (χ3n) is 5.28. The van der Waals surface area contributed by atoms with Crippen LogP contribution in [0.5, 0.6) is 0 Å². The van der Waals surface area contributed by atoms with Gasteiger partial charge in [-0.15, -0.1) is 0 Å². The lowest BCUT2D eigenvalue weighted by molar-refractivity contribution is -0.117. The Labute approximate surface area is 179 Å². The molecule has 0 saturated carbocycles. The molecule has 1 unspecified atom stereocenters. The van der Waals surface area contributed by atoms with Gasteiger partial charge in [0.1, 0.15) is 23.4 Å². The molecule has 5 rings (SSSR count). The molecule has 3 heterocycles. The largest absolute Gasteiger partial charge is 0.503 e. The lowest BCUT2D eigenvalue weighted by Gasteiger charge is -2.24. The number of aliphatic hydroxyl groups excluding tert-OH is 1. The number of aromatic amines is 1. The number of nitrogens with one attached hydrogen (secondary N) is 1. The van der Waals surface area contributed by atoms with Crippen molar-refractivity contribution in [1.82, 2.24) is 9.97 Å². The maximum absolute atomic E-state index is 14.8. The summed E-state index contributed by atoms with van der Waals surface area (Å²) >= 11 is 0. The number of para-hydroxylation sites is 2. The zero-order valence-corrected chi connectivity index (χ0v) is 16.6. The Bertz CT molecular complexity index is 1400. The third kappa shape index (κ3) is 2.97. The second-order valence-electron chi connectivity index (χ2n) is 7.32. The minimum Gasteiger partial charge on any atom is -0.503 e. The Kier molecular flexibility index (Phi) is 4.40. The predicted octanol–water partition coefficient (Wildman–Crippen LogP) is 4.53. The van der Waals surface area contributed by atoms with Crippen LogP contribution in [-0.2, 0) is 4.79 Å². The summed E-state index contributed by atoms with van der Waals surface area (Å²) in [7, 11) is 0. The van der Waals surface area contributed by atoms with Gasteiger partial charge in [-0.3, -0.25) is 14.5 Å². The molecule has 9 heteroatoms. The van der Waals surface area contributed by atoms with E-state index in [0.29, 0.717) is 22.9 Å². The number of carbonyl (C=O) groups is 2. The third-order valence-corrected chi connectivity index (χ3v) is 5.28. The minimum atomic E-state index is -1.40. The van der Waals surface area contributed by atoms with E-state index in [1.807, 2.05) is 0 Å². The number of aryl methyl sites for hydroxylation is 1. The van der Waals surface area contributed by atoms with Crippen molar-refractivity contribution < 1.29 is 27.9 Å². The number of rotatable bonds is 4. The van der Waals surface area contributed by atoms with Crippen molar-refractivity contribution in [2.75, 3.05) is 4.90 Å². The maximum Gasteiger partial charge on any atom is 0.296 e. The van der Waals surface area contributed by atoms with E-state index in [4.69, 9.17) is 4.42 Å². The Hall–Kier alpha value is -4.27. The number of imidazole rings is 1. The van der Waals surface area contributed by atoms with Crippen molar-refractivity contribution in [3.05, 3.63) is 94.6 Å². The molecule has 160 valence electrons. The van der Waals surface area contributed by atoms with E-state index in [-0.39, 0.29) is 17.3 Å². The van der Waals surface area contributed by atoms with E-state index in [1.165, 1.54) is 6.07 Å². The van der Waals surface area contributed by atoms with E-state index >= 15 is 0 Å². The van der Waals surface area contributed by atoms with Gasteiger partial charge in [-0.2, -0.15) is 0 Å². The number of hydrogen-bond acceptors (Lipinski definition) is 5. The van der Waals surface area contributed by atoms with Crippen molar-refractivity contribution in [3.8, 4) is 0 Å². The number of Topliss-reactive ketones (excluding diaryl/α,β-unsaturated/α-hetero) is 1. The molecular weight excluding hydrogens is 420 g/mol. The average molecular weight is 435 g/mol. The lowest BCUT2D eigenvalue weighted by Crippen LogP contribution is -2.32. The van der Waals surface area contributed by atoms with Crippen LogP contribution >= 0.6 is 0 Å². The molecule has 2 aromatic heterocycles.